The number of hydrogen-bond acceptors (Lipinski definition) is 2. The summed E-state index contributed by atoms with van der Waals surface area (Å²) in [6.07, 6.45) is 0. The molecule has 0 amide bonds. The van der Waals surface area contributed by atoms with Gasteiger partial charge in [-0.1, -0.05) is 122 Å². The average molecular weight is 495 g/mol. The van der Waals surface area contributed by atoms with Gasteiger partial charge in [-0.05, 0) is 50.6 Å². The van der Waals surface area contributed by atoms with Crippen LogP contribution in [0.1, 0.15) is 22.3 Å². The molecule has 0 atom stereocenters. The average Bonchev–Trinajstić information content (AvgIpc) is 3.00. The summed E-state index contributed by atoms with van der Waals surface area (Å²) >= 11 is 0. The third-order valence-electron chi connectivity index (χ3n) is 6.85. The van der Waals surface area contributed by atoms with Crippen LogP contribution >= 0.6 is 0 Å². The SMILES string of the molecule is C=C(c1ccc(-c2ccccc2)cc1)c1cc(C(=C)c2ccc(-c3ccccc3)cc2)c(OC)cc1OC. The monoisotopic (exact) mass is 494 g/mol. The number of rotatable bonds is 8. The van der Waals surface area contributed by atoms with Gasteiger partial charge >= 0.3 is 0 Å². The predicted molar refractivity (Wildman–Crippen MR) is 160 cm³/mol. The lowest BCUT2D eigenvalue weighted by molar-refractivity contribution is 0.393. The first-order valence-corrected chi connectivity index (χ1v) is 12.6. The molecule has 0 N–H and O–H groups in total. The third-order valence-corrected chi connectivity index (χ3v) is 6.85. The summed E-state index contributed by atoms with van der Waals surface area (Å²) in [5, 5.41) is 0. The molecule has 0 unspecified atom stereocenters. The summed E-state index contributed by atoms with van der Waals surface area (Å²) in [7, 11) is 3.34. The molecule has 5 rings (SSSR count). The van der Waals surface area contributed by atoms with Crippen LogP contribution in [0.3, 0.4) is 0 Å². The van der Waals surface area contributed by atoms with E-state index >= 15 is 0 Å². The van der Waals surface area contributed by atoms with Crippen molar-refractivity contribution in [3.8, 4) is 33.8 Å². The van der Waals surface area contributed by atoms with Gasteiger partial charge in [0.15, 0.2) is 0 Å². The molecule has 0 aliphatic heterocycles. The van der Waals surface area contributed by atoms with Crippen LogP contribution in [0.4, 0.5) is 0 Å². The van der Waals surface area contributed by atoms with Crippen LogP contribution in [0.2, 0.25) is 0 Å². The second kappa shape index (κ2) is 11.1. The van der Waals surface area contributed by atoms with E-state index in [1.807, 2.05) is 42.5 Å². The Kier molecular flexibility index (Phi) is 7.24. The van der Waals surface area contributed by atoms with E-state index in [4.69, 9.17) is 9.47 Å². The third kappa shape index (κ3) is 5.02. The quantitative estimate of drug-likeness (QED) is 0.214. The highest BCUT2D eigenvalue weighted by molar-refractivity contribution is 5.89. The zero-order chi connectivity index (χ0) is 26.5. The molecule has 0 aliphatic carbocycles. The van der Waals surface area contributed by atoms with Gasteiger partial charge in [-0.3, -0.25) is 0 Å². The van der Waals surface area contributed by atoms with Gasteiger partial charge in [-0.2, -0.15) is 0 Å². The standard InChI is InChI=1S/C36H30O2/c1-25(27-15-19-31(20-16-27)29-11-7-5-8-12-29)33-23-34(36(38-4)24-35(33)37-3)26(2)28-17-21-32(22-18-28)30-13-9-6-10-14-30/h5-24H,1-2H2,3-4H3. The van der Waals surface area contributed by atoms with Crippen LogP contribution < -0.4 is 9.47 Å². The molecule has 0 bridgehead atoms. The van der Waals surface area contributed by atoms with Gasteiger partial charge in [0.2, 0.25) is 0 Å². The van der Waals surface area contributed by atoms with Crippen molar-refractivity contribution in [3.63, 3.8) is 0 Å². The first kappa shape index (κ1) is 24.9. The van der Waals surface area contributed by atoms with E-state index in [0.717, 1.165) is 44.5 Å². The van der Waals surface area contributed by atoms with Crippen molar-refractivity contribution < 1.29 is 9.47 Å². The van der Waals surface area contributed by atoms with E-state index in [0.29, 0.717) is 11.5 Å². The Morgan fingerprint density at radius 3 is 1.13 bits per heavy atom. The fourth-order valence-electron chi connectivity index (χ4n) is 4.67. The molecule has 0 radical (unpaired) electrons. The highest BCUT2D eigenvalue weighted by Crippen LogP contribution is 2.40. The molecule has 186 valence electrons. The number of benzene rings is 5. The van der Waals surface area contributed by atoms with Crippen molar-refractivity contribution in [2.24, 2.45) is 0 Å². The summed E-state index contributed by atoms with van der Waals surface area (Å²) in [6.45, 7) is 8.86. The van der Waals surface area contributed by atoms with Crippen molar-refractivity contribution in [1.82, 2.24) is 0 Å². The van der Waals surface area contributed by atoms with Gasteiger partial charge in [0.1, 0.15) is 11.5 Å². The molecule has 0 saturated carbocycles. The van der Waals surface area contributed by atoms with Crippen molar-refractivity contribution in [2.45, 2.75) is 0 Å². The molecular formula is C36H30O2. The van der Waals surface area contributed by atoms with Crippen LogP contribution in [0.5, 0.6) is 11.5 Å². The molecule has 0 heterocycles. The highest BCUT2D eigenvalue weighted by atomic mass is 16.5. The first-order valence-electron chi connectivity index (χ1n) is 12.6. The van der Waals surface area contributed by atoms with Gasteiger partial charge < -0.3 is 9.47 Å². The molecule has 0 aromatic heterocycles. The summed E-state index contributed by atoms with van der Waals surface area (Å²) in [5.74, 6) is 1.41. The smallest absolute Gasteiger partial charge is 0.130 e. The van der Waals surface area contributed by atoms with Gasteiger partial charge in [0, 0.05) is 17.2 Å². The number of ether oxygens (including phenoxy) is 2. The summed E-state index contributed by atoms with van der Waals surface area (Å²) in [5.41, 5.74) is 10.3. The van der Waals surface area contributed by atoms with E-state index in [-0.39, 0.29) is 0 Å². The largest absolute Gasteiger partial charge is 0.496 e. The molecule has 5 aromatic rings. The molecular weight excluding hydrogens is 464 g/mol. The van der Waals surface area contributed by atoms with E-state index in [1.54, 1.807) is 14.2 Å². The molecule has 2 nitrogen and oxygen atoms in total. The Bertz CT molecular complexity index is 1450. The Balaban J connectivity index is 1.48. The first-order chi connectivity index (χ1) is 18.6. The van der Waals surface area contributed by atoms with Gasteiger partial charge in [0.25, 0.3) is 0 Å². The van der Waals surface area contributed by atoms with Crippen LogP contribution in [0, 0.1) is 0 Å². The van der Waals surface area contributed by atoms with Gasteiger partial charge in [-0.15, -0.1) is 0 Å². The van der Waals surface area contributed by atoms with Gasteiger partial charge in [-0.25, -0.2) is 0 Å². The maximum atomic E-state index is 5.76. The predicted octanol–water partition coefficient (Wildman–Crippen LogP) is 9.16. The van der Waals surface area contributed by atoms with Crippen LogP contribution in [-0.2, 0) is 0 Å². The molecule has 2 heteroatoms. The van der Waals surface area contributed by atoms with Crippen molar-refractivity contribution in [2.75, 3.05) is 14.2 Å². The highest BCUT2D eigenvalue weighted by Gasteiger charge is 2.17. The Labute approximate surface area is 225 Å². The van der Waals surface area contributed by atoms with Crippen molar-refractivity contribution in [1.29, 1.82) is 0 Å². The molecule has 0 aliphatic rings. The number of methoxy groups -OCH3 is 2. The fourth-order valence-corrected chi connectivity index (χ4v) is 4.67. The Morgan fingerprint density at radius 1 is 0.447 bits per heavy atom. The maximum Gasteiger partial charge on any atom is 0.130 e. The zero-order valence-electron chi connectivity index (χ0n) is 21.8. The topological polar surface area (TPSA) is 18.5 Å². The second-order valence-electron chi connectivity index (χ2n) is 9.10. The number of hydrogen-bond donors (Lipinski definition) is 0. The van der Waals surface area contributed by atoms with E-state index < -0.39 is 0 Å². The van der Waals surface area contributed by atoms with Crippen LogP contribution in [0.25, 0.3) is 33.4 Å². The molecule has 0 saturated heterocycles. The Hall–Kier alpha value is -4.82. The normalized spacial score (nSPS) is 10.6. The summed E-state index contributed by atoms with van der Waals surface area (Å²) in [6, 6.07) is 41.6. The lowest BCUT2D eigenvalue weighted by atomic mass is 9.91. The molecule has 5 aromatic carbocycles. The summed E-state index contributed by atoms with van der Waals surface area (Å²) < 4.78 is 11.5. The zero-order valence-corrected chi connectivity index (χ0v) is 21.8. The molecule has 38 heavy (non-hydrogen) atoms. The fraction of sp³-hybridized carbons (Fsp3) is 0.0556. The summed E-state index contributed by atoms with van der Waals surface area (Å²) in [4.78, 5) is 0. The van der Waals surface area contributed by atoms with Crippen molar-refractivity contribution >= 4 is 11.1 Å². The minimum absolute atomic E-state index is 0.704. The molecule has 0 fully saturated rings. The van der Waals surface area contributed by atoms with E-state index in [9.17, 15) is 0 Å². The minimum atomic E-state index is 0.704. The van der Waals surface area contributed by atoms with Crippen LogP contribution in [-0.4, -0.2) is 14.2 Å². The van der Waals surface area contributed by atoms with Gasteiger partial charge in [0.05, 0.1) is 14.2 Å². The minimum Gasteiger partial charge on any atom is -0.496 e. The lowest BCUT2D eigenvalue weighted by Gasteiger charge is -2.18. The Morgan fingerprint density at radius 2 is 0.789 bits per heavy atom. The van der Waals surface area contributed by atoms with E-state index in [1.165, 1.54) is 11.1 Å². The second-order valence-corrected chi connectivity index (χ2v) is 9.10. The van der Waals surface area contributed by atoms with Crippen molar-refractivity contribution in [3.05, 3.63) is 157 Å². The maximum absolute atomic E-state index is 5.76. The lowest BCUT2D eigenvalue weighted by Crippen LogP contribution is -1.99. The van der Waals surface area contributed by atoms with E-state index in [2.05, 4.69) is 92.0 Å². The van der Waals surface area contributed by atoms with Crippen LogP contribution in [0.15, 0.2) is 134 Å². The molecule has 0 spiro atoms.